The molecule has 0 aromatic rings. The molecule has 2 aliphatic rings. The van der Waals surface area contributed by atoms with Crippen molar-refractivity contribution in [3.05, 3.63) is 0 Å². The normalized spacial score (nSPS) is 32.1. The Hall–Kier alpha value is -0.160. The van der Waals surface area contributed by atoms with Crippen molar-refractivity contribution < 1.29 is 5.11 Å². The summed E-state index contributed by atoms with van der Waals surface area (Å²) >= 11 is 0. The highest BCUT2D eigenvalue weighted by Crippen LogP contribution is 2.22. The van der Waals surface area contributed by atoms with Crippen molar-refractivity contribution in [2.75, 3.05) is 32.8 Å². The molecule has 3 atom stereocenters. The van der Waals surface area contributed by atoms with Gasteiger partial charge in [0, 0.05) is 37.8 Å². The molecule has 2 rings (SSSR count). The molecular formula is C12H25N3O. The van der Waals surface area contributed by atoms with E-state index in [4.69, 9.17) is 5.73 Å². The molecule has 0 spiro atoms. The predicted octanol–water partition coefficient (Wildman–Crippen LogP) is -0.135. The maximum Gasteiger partial charge on any atom is 0.0601 e. The van der Waals surface area contributed by atoms with Crippen molar-refractivity contribution in [1.82, 2.24) is 9.80 Å². The minimum atomic E-state index is 0.0557. The van der Waals surface area contributed by atoms with Gasteiger partial charge in [-0.15, -0.1) is 0 Å². The SMILES string of the molecule is CC(N)C(CO)N1CCN2CCCCC2C1. The second-order valence-corrected chi connectivity index (χ2v) is 5.29. The Bertz CT molecular complexity index is 222. The predicted molar refractivity (Wildman–Crippen MR) is 65.3 cm³/mol. The van der Waals surface area contributed by atoms with Gasteiger partial charge in [0.25, 0.3) is 0 Å². The van der Waals surface area contributed by atoms with Gasteiger partial charge in [-0.2, -0.15) is 0 Å². The Labute approximate surface area is 98.4 Å². The molecular weight excluding hydrogens is 202 g/mol. The molecule has 0 aromatic carbocycles. The average Bonchev–Trinajstić information content (AvgIpc) is 2.29. The largest absolute Gasteiger partial charge is 0.395 e. The van der Waals surface area contributed by atoms with E-state index in [0.717, 1.165) is 19.6 Å². The van der Waals surface area contributed by atoms with Gasteiger partial charge in [0.2, 0.25) is 0 Å². The van der Waals surface area contributed by atoms with Crippen LogP contribution in [0.2, 0.25) is 0 Å². The molecule has 2 saturated heterocycles. The number of aliphatic hydroxyl groups is 1. The molecule has 0 bridgehead atoms. The van der Waals surface area contributed by atoms with Crippen molar-refractivity contribution in [3.63, 3.8) is 0 Å². The number of hydrogen-bond acceptors (Lipinski definition) is 4. The molecule has 0 aliphatic carbocycles. The van der Waals surface area contributed by atoms with Crippen LogP contribution in [0.1, 0.15) is 26.2 Å². The minimum Gasteiger partial charge on any atom is -0.395 e. The van der Waals surface area contributed by atoms with Gasteiger partial charge in [0.1, 0.15) is 0 Å². The molecule has 2 aliphatic heterocycles. The van der Waals surface area contributed by atoms with Crippen LogP contribution in [0.15, 0.2) is 0 Å². The van der Waals surface area contributed by atoms with Crippen LogP contribution in [0.4, 0.5) is 0 Å². The fourth-order valence-electron chi connectivity index (χ4n) is 3.10. The summed E-state index contributed by atoms with van der Waals surface area (Å²) < 4.78 is 0. The lowest BCUT2D eigenvalue weighted by Gasteiger charge is -2.47. The lowest BCUT2D eigenvalue weighted by molar-refractivity contribution is 0.00704. The van der Waals surface area contributed by atoms with E-state index < -0.39 is 0 Å². The molecule has 4 heteroatoms. The number of nitrogens with zero attached hydrogens (tertiary/aromatic N) is 2. The summed E-state index contributed by atoms with van der Waals surface area (Å²) in [6.45, 7) is 6.74. The number of piperazine rings is 1. The van der Waals surface area contributed by atoms with Crippen molar-refractivity contribution in [1.29, 1.82) is 0 Å². The molecule has 0 aromatic heterocycles. The van der Waals surface area contributed by atoms with Crippen molar-refractivity contribution in [2.45, 2.75) is 44.3 Å². The van der Waals surface area contributed by atoms with Gasteiger partial charge in [0.15, 0.2) is 0 Å². The smallest absolute Gasteiger partial charge is 0.0601 e. The van der Waals surface area contributed by atoms with E-state index in [1.807, 2.05) is 6.92 Å². The third kappa shape index (κ3) is 2.56. The highest BCUT2D eigenvalue weighted by Gasteiger charge is 2.32. The molecule has 2 fully saturated rings. The highest BCUT2D eigenvalue weighted by molar-refractivity contribution is 4.89. The van der Waals surface area contributed by atoms with Crippen LogP contribution in [0.3, 0.4) is 0 Å². The monoisotopic (exact) mass is 227 g/mol. The van der Waals surface area contributed by atoms with Gasteiger partial charge in [-0.05, 0) is 26.3 Å². The zero-order chi connectivity index (χ0) is 11.5. The fraction of sp³-hybridized carbons (Fsp3) is 1.00. The number of aliphatic hydroxyl groups excluding tert-OH is 1. The summed E-state index contributed by atoms with van der Waals surface area (Å²) in [4.78, 5) is 4.99. The number of nitrogens with two attached hydrogens (primary N) is 1. The summed E-state index contributed by atoms with van der Waals surface area (Å²) in [5, 5.41) is 9.41. The average molecular weight is 227 g/mol. The second-order valence-electron chi connectivity index (χ2n) is 5.29. The first-order valence-electron chi connectivity index (χ1n) is 6.57. The molecule has 3 N–H and O–H groups in total. The summed E-state index contributed by atoms with van der Waals surface area (Å²) in [5.74, 6) is 0. The molecule has 3 unspecified atom stereocenters. The van der Waals surface area contributed by atoms with Crippen LogP contribution in [0, 0.1) is 0 Å². The van der Waals surface area contributed by atoms with Crippen molar-refractivity contribution in [2.24, 2.45) is 5.73 Å². The second kappa shape index (κ2) is 5.45. The first-order valence-corrected chi connectivity index (χ1v) is 6.57. The van der Waals surface area contributed by atoms with Crippen LogP contribution < -0.4 is 5.73 Å². The molecule has 0 saturated carbocycles. The first-order chi connectivity index (χ1) is 7.72. The Morgan fingerprint density at radius 2 is 2.12 bits per heavy atom. The van der Waals surface area contributed by atoms with E-state index in [1.165, 1.54) is 25.8 Å². The summed E-state index contributed by atoms with van der Waals surface area (Å²) in [7, 11) is 0. The zero-order valence-electron chi connectivity index (χ0n) is 10.3. The summed E-state index contributed by atoms with van der Waals surface area (Å²) in [6.07, 6.45) is 4.03. The van der Waals surface area contributed by atoms with Gasteiger partial charge in [-0.3, -0.25) is 9.80 Å². The van der Waals surface area contributed by atoms with Crippen LogP contribution in [-0.2, 0) is 0 Å². The lowest BCUT2D eigenvalue weighted by Crippen LogP contribution is -2.60. The Kier molecular flexibility index (Phi) is 4.19. The van der Waals surface area contributed by atoms with E-state index in [0.29, 0.717) is 6.04 Å². The number of hydrogen-bond donors (Lipinski definition) is 2. The van der Waals surface area contributed by atoms with E-state index in [-0.39, 0.29) is 18.7 Å². The van der Waals surface area contributed by atoms with Crippen molar-refractivity contribution >= 4 is 0 Å². The van der Waals surface area contributed by atoms with E-state index in [2.05, 4.69) is 9.80 Å². The first kappa shape index (κ1) is 12.3. The van der Waals surface area contributed by atoms with Gasteiger partial charge in [-0.1, -0.05) is 6.42 Å². The van der Waals surface area contributed by atoms with Crippen LogP contribution in [0.25, 0.3) is 0 Å². The molecule has 2 heterocycles. The van der Waals surface area contributed by atoms with Gasteiger partial charge >= 0.3 is 0 Å². The molecule has 16 heavy (non-hydrogen) atoms. The van der Waals surface area contributed by atoms with Gasteiger partial charge < -0.3 is 10.8 Å². The number of rotatable bonds is 3. The Balaban J connectivity index is 1.93. The quantitative estimate of drug-likeness (QED) is 0.705. The van der Waals surface area contributed by atoms with Crippen LogP contribution >= 0.6 is 0 Å². The standard InChI is InChI=1S/C12H25N3O/c1-10(13)12(9-16)15-7-6-14-5-3-2-4-11(14)8-15/h10-12,16H,2-9,13H2,1H3. The van der Waals surface area contributed by atoms with E-state index in [9.17, 15) is 5.11 Å². The zero-order valence-corrected chi connectivity index (χ0v) is 10.3. The maximum absolute atomic E-state index is 9.41. The third-order valence-electron chi connectivity index (χ3n) is 4.13. The van der Waals surface area contributed by atoms with Gasteiger partial charge in [-0.25, -0.2) is 0 Å². The molecule has 4 nitrogen and oxygen atoms in total. The Morgan fingerprint density at radius 3 is 2.81 bits per heavy atom. The third-order valence-corrected chi connectivity index (χ3v) is 4.13. The van der Waals surface area contributed by atoms with E-state index >= 15 is 0 Å². The summed E-state index contributed by atoms with van der Waals surface area (Å²) in [5.41, 5.74) is 5.93. The molecule has 0 amide bonds. The highest BCUT2D eigenvalue weighted by atomic mass is 16.3. The Morgan fingerprint density at radius 1 is 1.31 bits per heavy atom. The maximum atomic E-state index is 9.41. The van der Waals surface area contributed by atoms with Crippen molar-refractivity contribution in [3.8, 4) is 0 Å². The molecule has 94 valence electrons. The number of fused-ring (bicyclic) bond motifs is 1. The number of piperidine rings is 1. The minimum absolute atomic E-state index is 0.0557. The van der Waals surface area contributed by atoms with E-state index in [1.54, 1.807) is 0 Å². The topological polar surface area (TPSA) is 52.7 Å². The van der Waals surface area contributed by atoms with Crippen LogP contribution in [-0.4, -0.2) is 65.8 Å². The molecule has 0 radical (unpaired) electrons. The van der Waals surface area contributed by atoms with Gasteiger partial charge in [0.05, 0.1) is 6.61 Å². The lowest BCUT2D eigenvalue weighted by atomic mass is 9.97. The fourth-order valence-corrected chi connectivity index (χ4v) is 3.10. The van der Waals surface area contributed by atoms with Crippen LogP contribution in [0.5, 0.6) is 0 Å². The summed E-state index contributed by atoms with van der Waals surface area (Å²) in [6, 6.07) is 0.902.